The largest absolute Gasteiger partial charge is 0.306 e. The van der Waals surface area contributed by atoms with Crippen LogP contribution in [0, 0.1) is 5.82 Å². The first-order valence-corrected chi connectivity index (χ1v) is 7.18. The monoisotopic (exact) mass is 278 g/mol. The summed E-state index contributed by atoms with van der Waals surface area (Å²) in [5.41, 5.74) is 3.92. The lowest BCUT2D eigenvalue weighted by Gasteiger charge is -2.27. The Kier molecular flexibility index (Phi) is 2.93. The molecule has 21 heavy (non-hydrogen) atoms. The quantitative estimate of drug-likeness (QED) is 0.735. The summed E-state index contributed by atoms with van der Waals surface area (Å²) in [6, 6.07) is 15.5. The van der Waals surface area contributed by atoms with Crippen LogP contribution in [0.4, 0.5) is 4.39 Å². The summed E-state index contributed by atoms with van der Waals surface area (Å²) in [5, 5.41) is 4.59. The average molecular weight is 278 g/mol. The van der Waals surface area contributed by atoms with Gasteiger partial charge in [-0.2, -0.15) is 0 Å². The minimum absolute atomic E-state index is 0.0153. The number of aromatic nitrogens is 1. The second kappa shape index (κ2) is 4.93. The van der Waals surface area contributed by atoms with E-state index in [1.165, 1.54) is 0 Å². The van der Waals surface area contributed by atoms with Gasteiger partial charge < -0.3 is 5.32 Å². The predicted octanol–water partition coefficient (Wildman–Crippen LogP) is 3.61. The van der Waals surface area contributed by atoms with E-state index >= 15 is 0 Å². The smallest absolute Gasteiger partial charge is 0.126 e. The van der Waals surface area contributed by atoms with Crippen LogP contribution >= 0.6 is 0 Å². The van der Waals surface area contributed by atoms with Gasteiger partial charge in [-0.3, -0.25) is 4.98 Å². The van der Waals surface area contributed by atoms with Crippen molar-refractivity contribution in [1.29, 1.82) is 0 Å². The molecule has 2 aromatic carbocycles. The molecule has 0 fully saturated rings. The molecular formula is C18H15FN2. The minimum atomic E-state index is -0.104. The molecular weight excluding hydrogens is 263 g/mol. The van der Waals surface area contributed by atoms with Gasteiger partial charge in [0.1, 0.15) is 5.82 Å². The van der Waals surface area contributed by atoms with Crippen molar-refractivity contribution in [3.05, 3.63) is 77.2 Å². The molecule has 104 valence electrons. The highest BCUT2D eigenvalue weighted by Gasteiger charge is 2.23. The van der Waals surface area contributed by atoms with Crippen molar-refractivity contribution in [2.75, 3.05) is 6.54 Å². The molecule has 0 spiro atoms. The summed E-state index contributed by atoms with van der Waals surface area (Å²) in [7, 11) is 0. The van der Waals surface area contributed by atoms with E-state index in [9.17, 15) is 4.39 Å². The van der Waals surface area contributed by atoms with Gasteiger partial charge in [0.25, 0.3) is 0 Å². The lowest BCUT2D eigenvalue weighted by atomic mass is 9.90. The second-order valence-electron chi connectivity index (χ2n) is 5.41. The fourth-order valence-corrected chi connectivity index (χ4v) is 3.10. The molecule has 3 heteroatoms. The number of para-hydroxylation sites is 1. The van der Waals surface area contributed by atoms with Crippen molar-refractivity contribution in [1.82, 2.24) is 10.3 Å². The molecule has 0 aliphatic carbocycles. The van der Waals surface area contributed by atoms with Gasteiger partial charge >= 0.3 is 0 Å². The summed E-state index contributed by atoms with van der Waals surface area (Å²) >= 11 is 0. The summed E-state index contributed by atoms with van der Waals surface area (Å²) in [6.45, 7) is 0.783. The number of benzene rings is 2. The topological polar surface area (TPSA) is 24.9 Å². The molecule has 0 saturated heterocycles. The van der Waals surface area contributed by atoms with E-state index in [1.807, 2.05) is 30.5 Å². The Morgan fingerprint density at radius 3 is 2.95 bits per heavy atom. The van der Waals surface area contributed by atoms with Crippen LogP contribution in [-0.2, 0) is 6.42 Å². The van der Waals surface area contributed by atoms with Gasteiger partial charge in [-0.15, -0.1) is 0 Å². The highest BCUT2D eigenvalue weighted by Crippen LogP contribution is 2.30. The van der Waals surface area contributed by atoms with Crippen molar-refractivity contribution in [2.45, 2.75) is 12.5 Å². The SMILES string of the molecule is Fc1cccc2c1CCNC2c1cnc2ccccc2c1. The zero-order valence-electron chi connectivity index (χ0n) is 11.5. The maximum absolute atomic E-state index is 14.0. The van der Waals surface area contributed by atoms with Crippen LogP contribution < -0.4 is 5.32 Å². The van der Waals surface area contributed by atoms with Gasteiger partial charge in [0.05, 0.1) is 11.6 Å². The van der Waals surface area contributed by atoms with E-state index in [1.54, 1.807) is 12.1 Å². The lowest BCUT2D eigenvalue weighted by molar-refractivity contribution is 0.531. The van der Waals surface area contributed by atoms with Gasteiger partial charge in [0.15, 0.2) is 0 Å². The maximum atomic E-state index is 14.0. The van der Waals surface area contributed by atoms with Gasteiger partial charge in [-0.25, -0.2) is 4.39 Å². The maximum Gasteiger partial charge on any atom is 0.126 e. The highest BCUT2D eigenvalue weighted by atomic mass is 19.1. The minimum Gasteiger partial charge on any atom is -0.306 e. The van der Waals surface area contributed by atoms with Crippen LogP contribution in [0.15, 0.2) is 54.7 Å². The number of hydrogen-bond donors (Lipinski definition) is 1. The van der Waals surface area contributed by atoms with E-state index in [4.69, 9.17) is 0 Å². The summed E-state index contributed by atoms with van der Waals surface area (Å²) in [4.78, 5) is 4.52. The Morgan fingerprint density at radius 2 is 2.00 bits per heavy atom. The molecule has 4 rings (SSSR count). The van der Waals surface area contributed by atoms with Crippen molar-refractivity contribution in [2.24, 2.45) is 0 Å². The summed E-state index contributed by atoms with van der Waals surface area (Å²) < 4.78 is 14.0. The number of halogens is 1. The Morgan fingerprint density at radius 1 is 1.10 bits per heavy atom. The van der Waals surface area contributed by atoms with Crippen LogP contribution in [0.5, 0.6) is 0 Å². The van der Waals surface area contributed by atoms with Crippen LogP contribution in [0.1, 0.15) is 22.7 Å². The standard InChI is InChI=1S/C18H15FN2/c19-16-6-3-5-15-14(16)8-9-20-18(15)13-10-12-4-1-2-7-17(12)21-11-13/h1-7,10-11,18,20H,8-9H2. The Bertz CT molecular complexity index is 813. The molecule has 1 aliphatic heterocycles. The van der Waals surface area contributed by atoms with E-state index in [0.717, 1.165) is 40.6 Å². The number of fused-ring (bicyclic) bond motifs is 2. The molecule has 1 aliphatic rings. The fraction of sp³-hybridized carbons (Fsp3) is 0.167. The molecule has 0 radical (unpaired) electrons. The summed E-state index contributed by atoms with van der Waals surface area (Å²) in [6.07, 6.45) is 2.62. The Labute approximate surface area is 122 Å². The van der Waals surface area contributed by atoms with E-state index in [0.29, 0.717) is 0 Å². The molecule has 1 aromatic heterocycles. The molecule has 2 heterocycles. The third-order valence-electron chi connectivity index (χ3n) is 4.13. The van der Waals surface area contributed by atoms with Gasteiger partial charge in [-0.05, 0) is 41.3 Å². The fourth-order valence-electron chi connectivity index (χ4n) is 3.10. The van der Waals surface area contributed by atoms with Gasteiger partial charge in [0.2, 0.25) is 0 Å². The summed E-state index contributed by atoms with van der Waals surface area (Å²) in [5.74, 6) is -0.104. The first-order valence-electron chi connectivity index (χ1n) is 7.18. The molecule has 1 atom stereocenters. The van der Waals surface area contributed by atoms with Crippen molar-refractivity contribution in [3.63, 3.8) is 0 Å². The van der Waals surface area contributed by atoms with E-state index in [2.05, 4.69) is 22.4 Å². The van der Waals surface area contributed by atoms with Crippen molar-refractivity contribution in [3.8, 4) is 0 Å². The zero-order valence-corrected chi connectivity index (χ0v) is 11.5. The van der Waals surface area contributed by atoms with Crippen molar-refractivity contribution < 1.29 is 4.39 Å². The Balaban J connectivity index is 1.85. The van der Waals surface area contributed by atoms with E-state index in [-0.39, 0.29) is 11.9 Å². The van der Waals surface area contributed by atoms with Gasteiger partial charge in [0, 0.05) is 18.1 Å². The molecule has 1 N–H and O–H groups in total. The molecule has 1 unspecified atom stereocenters. The second-order valence-corrected chi connectivity index (χ2v) is 5.41. The third kappa shape index (κ3) is 2.10. The number of nitrogens with zero attached hydrogens (tertiary/aromatic N) is 1. The molecule has 0 saturated carbocycles. The Hall–Kier alpha value is -2.26. The van der Waals surface area contributed by atoms with Crippen LogP contribution in [0.25, 0.3) is 10.9 Å². The zero-order chi connectivity index (χ0) is 14.2. The highest BCUT2D eigenvalue weighted by molar-refractivity contribution is 5.79. The normalized spacial score (nSPS) is 17.7. The number of nitrogens with one attached hydrogen (secondary N) is 1. The molecule has 2 nitrogen and oxygen atoms in total. The molecule has 0 bridgehead atoms. The van der Waals surface area contributed by atoms with Crippen LogP contribution in [0.3, 0.4) is 0 Å². The number of hydrogen-bond acceptors (Lipinski definition) is 2. The van der Waals surface area contributed by atoms with Gasteiger partial charge in [-0.1, -0.05) is 30.3 Å². The first-order chi connectivity index (χ1) is 10.3. The van der Waals surface area contributed by atoms with Crippen LogP contribution in [-0.4, -0.2) is 11.5 Å². The predicted molar refractivity (Wildman–Crippen MR) is 81.7 cm³/mol. The average Bonchev–Trinajstić information content (AvgIpc) is 2.54. The third-order valence-corrected chi connectivity index (χ3v) is 4.13. The molecule has 3 aromatic rings. The lowest BCUT2D eigenvalue weighted by Crippen LogP contribution is -2.31. The van der Waals surface area contributed by atoms with Crippen molar-refractivity contribution >= 4 is 10.9 Å². The first kappa shape index (κ1) is 12.5. The number of rotatable bonds is 1. The molecule has 0 amide bonds. The van der Waals surface area contributed by atoms with E-state index < -0.39 is 0 Å². The van der Waals surface area contributed by atoms with Crippen LogP contribution in [0.2, 0.25) is 0 Å². The number of pyridine rings is 1.